The molecule has 3 heterocycles. The van der Waals surface area contributed by atoms with Crippen LogP contribution in [0.5, 0.6) is 0 Å². The topological polar surface area (TPSA) is 116 Å². The van der Waals surface area contributed by atoms with Gasteiger partial charge >= 0.3 is 0 Å². The molecule has 3 atom stereocenters. The summed E-state index contributed by atoms with van der Waals surface area (Å²) in [5.74, 6) is -2.16. The van der Waals surface area contributed by atoms with Gasteiger partial charge in [-0.05, 0) is 32.9 Å². The number of β-lactam (4-membered cyclic amide) rings is 1. The zero-order chi connectivity index (χ0) is 22.0. The molecule has 2 amide bonds. The van der Waals surface area contributed by atoms with E-state index in [1.54, 1.807) is 39.0 Å². The Morgan fingerprint density at radius 2 is 1.93 bits per heavy atom. The predicted molar refractivity (Wildman–Crippen MR) is 109 cm³/mol. The van der Waals surface area contributed by atoms with Gasteiger partial charge in [-0.2, -0.15) is 0 Å². The Hall–Kier alpha value is -2.23. The van der Waals surface area contributed by atoms with Crippen molar-refractivity contribution < 1.29 is 24.0 Å². The molecule has 2 saturated heterocycles. The molecule has 1 N–H and O–H groups in total. The Bertz CT molecular complexity index is 1070. The van der Waals surface area contributed by atoms with Gasteiger partial charge in [0, 0.05) is 10.3 Å². The van der Waals surface area contributed by atoms with Gasteiger partial charge in [0.2, 0.25) is 5.91 Å². The molecular weight excluding hydrogens is 453 g/mol. The zero-order valence-electron chi connectivity index (χ0n) is 16.1. The van der Waals surface area contributed by atoms with Crippen LogP contribution in [0, 0.1) is 6.92 Å². The van der Waals surface area contributed by atoms with Crippen LogP contribution in [0.25, 0.3) is 11.3 Å². The number of carboxylic acid groups (broad SMARTS) is 1. The highest BCUT2D eigenvalue weighted by atomic mass is 35.5. The van der Waals surface area contributed by atoms with E-state index in [1.165, 1.54) is 16.7 Å². The number of amides is 2. The van der Waals surface area contributed by atoms with Crippen LogP contribution in [0.3, 0.4) is 0 Å². The molecular formula is C19H16Cl2N3O5S-. The molecule has 158 valence electrons. The van der Waals surface area contributed by atoms with Crippen LogP contribution in [-0.4, -0.2) is 50.0 Å². The van der Waals surface area contributed by atoms with Gasteiger partial charge in [0.15, 0.2) is 0 Å². The molecule has 0 spiro atoms. The van der Waals surface area contributed by atoms with Gasteiger partial charge in [-0.25, -0.2) is 0 Å². The van der Waals surface area contributed by atoms with E-state index >= 15 is 0 Å². The quantitative estimate of drug-likeness (QED) is 0.680. The van der Waals surface area contributed by atoms with Crippen LogP contribution in [0.1, 0.15) is 30.0 Å². The van der Waals surface area contributed by atoms with E-state index in [9.17, 15) is 19.5 Å². The number of hydrogen-bond acceptors (Lipinski definition) is 7. The number of halogens is 2. The number of aromatic nitrogens is 1. The highest BCUT2D eigenvalue weighted by Crippen LogP contribution is 2.50. The highest BCUT2D eigenvalue weighted by molar-refractivity contribution is 8.01. The summed E-state index contributed by atoms with van der Waals surface area (Å²) in [6.45, 7) is 5.01. The molecule has 2 aromatic rings. The monoisotopic (exact) mass is 468 g/mol. The number of aryl methyl sites for hydroxylation is 1. The van der Waals surface area contributed by atoms with Gasteiger partial charge in [-0.1, -0.05) is 34.4 Å². The lowest BCUT2D eigenvalue weighted by molar-refractivity contribution is -0.312. The average molecular weight is 469 g/mol. The normalized spacial score (nSPS) is 24.4. The number of aliphatic carboxylic acids is 1. The number of nitrogens with zero attached hydrogens (tertiary/aromatic N) is 2. The maximum atomic E-state index is 13.1. The smallest absolute Gasteiger partial charge is 0.257 e. The van der Waals surface area contributed by atoms with Crippen LogP contribution in [0.4, 0.5) is 0 Å². The molecule has 2 aliphatic heterocycles. The number of thioether (sulfide) groups is 1. The van der Waals surface area contributed by atoms with Gasteiger partial charge < -0.3 is 24.6 Å². The second kappa shape index (κ2) is 7.18. The van der Waals surface area contributed by atoms with Crippen LogP contribution in [-0.2, 0) is 9.59 Å². The van der Waals surface area contributed by atoms with Crippen molar-refractivity contribution in [3.63, 3.8) is 0 Å². The third kappa shape index (κ3) is 3.07. The summed E-state index contributed by atoms with van der Waals surface area (Å²) in [7, 11) is 0. The fraction of sp³-hybridized carbons (Fsp3) is 0.368. The van der Waals surface area contributed by atoms with E-state index in [1.807, 2.05) is 0 Å². The summed E-state index contributed by atoms with van der Waals surface area (Å²) < 4.78 is 4.45. The molecule has 0 unspecified atom stereocenters. The minimum absolute atomic E-state index is 0.106. The highest BCUT2D eigenvalue weighted by Gasteiger charge is 2.62. The molecule has 8 nitrogen and oxygen atoms in total. The van der Waals surface area contributed by atoms with Crippen molar-refractivity contribution in [3.8, 4) is 11.3 Å². The Kier molecular flexibility index (Phi) is 5.03. The fourth-order valence-electron chi connectivity index (χ4n) is 3.87. The van der Waals surface area contributed by atoms with Crippen molar-refractivity contribution in [3.05, 3.63) is 39.6 Å². The molecule has 0 saturated carbocycles. The van der Waals surface area contributed by atoms with Gasteiger partial charge in [0.05, 0.1) is 22.1 Å². The van der Waals surface area contributed by atoms with Crippen LogP contribution >= 0.6 is 35.0 Å². The number of carboxylic acids is 1. The number of carbonyl (C=O) groups excluding carboxylic acids is 3. The first-order valence-corrected chi connectivity index (χ1v) is 10.6. The van der Waals surface area contributed by atoms with E-state index in [0.29, 0.717) is 15.6 Å². The molecule has 0 radical (unpaired) electrons. The maximum absolute atomic E-state index is 13.1. The van der Waals surface area contributed by atoms with Crippen molar-refractivity contribution >= 4 is 52.7 Å². The van der Waals surface area contributed by atoms with E-state index in [0.717, 1.165) is 0 Å². The zero-order valence-corrected chi connectivity index (χ0v) is 18.4. The third-order valence-electron chi connectivity index (χ3n) is 5.24. The molecule has 4 rings (SSSR count). The van der Waals surface area contributed by atoms with Gasteiger partial charge in [-0.15, -0.1) is 11.8 Å². The first-order valence-electron chi connectivity index (χ1n) is 8.97. The minimum atomic E-state index is -1.32. The number of benzene rings is 1. The summed E-state index contributed by atoms with van der Waals surface area (Å²) in [6, 6.07) is 2.94. The lowest BCUT2D eigenvalue weighted by Crippen LogP contribution is -2.71. The molecule has 2 aliphatic rings. The van der Waals surface area contributed by atoms with Crippen molar-refractivity contribution in [1.82, 2.24) is 15.4 Å². The van der Waals surface area contributed by atoms with Crippen molar-refractivity contribution in [2.24, 2.45) is 0 Å². The van der Waals surface area contributed by atoms with E-state index in [2.05, 4.69) is 10.5 Å². The lowest BCUT2D eigenvalue weighted by atomic mass is 9.95. The molecule has 0 bridgehead atoms. The van der Waals surface area contributed by atoms with Crippen LogP contribution in [0.2, 0.25) is 10.0 Å². The van der Waals surface area contributed by atoms with E-state index in [-0.39, 0.29) is 17.0 Å². The predicted octanol–water partition coefficient (Wildman–Crippen LogP) is 1.87. The van der Waals surface area contributed by atoms with Crippen molar-refractivity contribution in [2.75, 3.05) is 0 Å². The molecule has 1 aromatic carbocycles. The summed E-state index contributed by atoms with van der Waals surface area (Å²) in [5, 5.41) is 18.2. The summed E-state index contributed by atoms with van der Waals surface area (Å²) in [4.78, 5) is 38.5. The van der Waals surface area contributed by atoms with Crippen molar-refractivity contribution in [2.45, 2.75) is 43.0 Å². The van der Waals surface area contributed by atoms with Gasteiger partial charge in [0.1, 0.15) is 28.4 Å². The summed E-state index contributed by atoms with van der Waals surface area (Å²) in [5.41, 5.74) is 0.615. The number of rotatable bonds is 4. The fourth-order valence-corrected chi connectivity index (χ4v) is 6.07. The molecule has 11 heteroatoms. The second-order valence-corrected chi connectivity index (χ2v) is 10.2. The lowest BCUT2D eigenvalue weighted by Gasteiger charge is -2.45. The molecule has 0 aliphatic carbocycles. The van der Waals surface area contributed by atoms with Gasteiger partial charge in [-0.3, -0.25) is 9.59 Å². The van der Waals surface area contributed by atoms with E-state index < -0.39 is 40.0 Å². The second-order valence-electron chi connectivity index (χ2n) is 7.59. The van der Waals surface area contributed by atoms with Crippen LogP contribution < -0.4 is 10.4 Å². The number of fused-ring (bicyclic) bond motifs is 1. The average Bonchev–Trinajstić information content (AvgIpc) is 3.14. The Morgan fingerprint density at radius 3 is 2.53 bits per heavy atom. The molecule has 2 fully saturated rings. The Labute approximate surface area is 185 Å². The minimum Gasteiger partial charge on any atom is -0.548 e. The number of nitrogens with one attached hydrogen (secondary N) is 1. The summed E-state index contributed by atoms with van der Waals surface area (Å²) in [6.07, 6.45) is 0. The van der Waals surface area contributed by atoms with E-state index in [4.69, 9.17) is 27.7 Å². The van der Waals surface area contributed by atoms with Crippen molar-refractivity contribution in [1.29, 1.82) is 0 Å². The van der Waals surface area contributed by atoms with Gasteiger partial charge in [0.25, 0.3) is 5.91 Å². The largest absolute Gasteiger partial charge is 0.548 e. The Morgan fingerprint density at radius 1 is 1.30 bits per heavy atom. The number of carbonyl (C=O) groups is 3. The maximum Gasteiger partial charge on any atom is 0.257 e. The first-order chi connectivity index (χ1) is 14.0. The Balaban J connectivity index is 1.62. The standard InChI is InChI=1S/C19H17Cl2N3O5S/c1-7-10(12(23-29-7)11-8(20)5-4-6-9(11)21)15(25)22-13-16(26)24-14(18(27)28)19(2,3)30-17(13)24/h4-6,13-14,17H,1-3H3,(H,22,25)(H,27,28)/p-1/t13-,14-,17+/m0/s1. The first kappa shape index (κ1) is 21.0. The molecule has 1 aromatic heterocycles. The SMILES string of the molecule is Cc1onc(-c2c(Cl)cccc2Cl)c1C(=O)N[C@H]1C(=O)N2[C@@H]1SC(C)(C)[C@@H]2C(=O)[O-]. The van der Waals surface area contributed by atoms with Crippen LogP contribution in [0.15, 0.2) is 22.7 Å². The summed E-state index contributed by atoms with van der Waals surface area (Å²) >= 11 is 13.8. The molecule has 30 heavy (non-hydrogen) atoms. The number of hydrogen-bond donors (Lipinski definition) is 1. The third-order valence-corrected chi connectivity index (χ3v) is 7.44.